The number of hydrogen-bond donors (Lipinski definition) is 2. The Morgan fingerprint density at radius 1 is 1.11 bits per heavy atom. The highest BCUT2D eigenvalue weighted by molar-refractivity contribution is 9.10. The fourth-order valence-corrected chi connectivity index (χ4v) is 3.71. The van der Waals surface area contributed by atoms with Crippen molar-refractivity contribution in [2.75, 3.05) is 29.0 Å². The van der Waals surface area contributed by atoms with Crippen LogP contribution in [0.5, 0.6) is 0 Å². The van der Waals surface area contributed by atoms with Gasteiger partial charge in [-0.3, -0.25) is 13.9 Å². The van der Waals surface area contributed by atoms with Crippen LogP contribution in [0.15, 0.2) is 53.0 Å². The second-order valence-electron chi connectivity index (χ2n) is 6.10. The fraction of sp³-hybridized carbons (Fsp3) is 0.263. The van der Waals surface area contributed by atoms with Gasteiger partial charge in [0.15, 0.2) is 0 Å². The summed E-state index contributed by atoms with van der Waals surface area (Å²) in [6, 6.07) is 13.2. The fourth-order valence-electron chi connectivity index (χ4n) is 2.48. The molecule has 2 rings (SSSR count). The summed E-state index contributed by atoms with van der Waals surface area (Å²) >= 11 is 3.30. The van der Waals surface area contributed by atoms with Crippen LogP contribution in [0.1, 0.15) is 23.7 Å². The molecule has 0 aliphatic carbocycles. The molecule has 7 nitrogen and oxygen atoms in total. The highest BCUT2D eigenvalue weighted by Gasteiger charge is 2.22. The average molecular weight is 468 g/mol. The molecule has 0 bridgehead atoms. The molecule has 28 heavy (non-hydrogen) atoms. The first-order valence-corrected chi connectivity index (χ1v) is 11.3. The van der Waals surface area contributed by atoms with Crippen LogP contribution in [0, 0.1) is 0 Å². The first-order valence-electron chi connectivity index (χ1n) is 8.62. The predicted octanol–water partition coefficient (Wildman–Crippen LogP) is 2.99. The van der Waals surface area contributed by atoms with E-state index in [1.54, 1.807) is 48.5 Å². The molecule has 9 heteroatoms. The number of amides is 2. The lowest BCUT2D eigenvalue weighted by Gasteiger charge is -2.22. The number of carbonyl (C=O) groups excluding carboxylic acids is 2. The summed E-state index contributed by atoms with van der Waals surface area (Å²) in [5.41, 5.74) is 1.00. The molecule has 150 valence electrons. The van der Waals surface area contributed by atoms with E-state index in [4.69, 9.17) is 0 Å². The second-order valence-corrected chi connectivity index (χ2v) is 8.92. The van der Waals surface area contributed by atoms with Gasteiger partial charge in [0, 0.05) is 11.0 Å². The van der Waals surface area contributed by atoms with Crippen molar-refractivity contribution in [3.63, 3.8) is 0 Å². The van der Waals surface area contributed by atoms with Gasteiger partial charge in [-0.05, 0) is 36.8 Å². The summed E-state index contributed by atoms with van der Waals surface area (Å²) in [6.07, 6.45) is 1.82. The Balaban J connectivity index is 2.21. The van der Waals surface area contributed by atoms with Crippen molar-refractivity contribution in [1.82, 2.24) is 5.32 Å². The van der Waals surface area contributed by atoms with Crippen LogP contribution in [-0.4, -0.2) is 39.6 Å². The van der Waals surface area contributed by atoms with Crippen LogP contribution in [0.2, 0.25) is 0 Å². The zero-order valence-electron chi connectivity index (χ0n) is 15.6. The standard InChI is InChI=1S/C19H22BrN3O4S/c1-3-11-21-19(25)16-9-4-5-10-17(16)22-18(24)13-23(28(2,26)27)15-8-6-7-14(20)12-15/h4-10,12H,3,11,13H2,1-2H3,(H,21,25)(H,22,24). The Morgan fingerprint density at radius 3 is 2.46 bits per heavy atom. The Morgan fingerprint density at radius 2 is 1.82 bits per heavy atom. The van der Waals surface area contributed by atoms with Gasteiger partial charge >= 0.3 is 0 Å². The van der Waals surface area contributed by atoms with Crippen molar-refractivity contribution in [2.45, 2.75) is 13.3 Å². The predicted molar refractivity (Wildman–Crippen MR) is 114 cm³/mol. The van der Waals surface area contributed by atoms with E-state index in [0.717, 1.165) is 17.0 Å². The molecule has 0 fully saturated rings. The van der Waals surface area contributed by atoms with Crippen LogP contribution < -0.4 is 14.9 Å². The van der Waals surface area contributed by atoms with Gasteiger partial charge in [-0.1, -0.05) is 41.1 Å². The number of carbonyl (C=O) groups is 2. The molecule has 0 radical (unpaired) electrons. The quantitative estimate of drug-likeness (QED) is 0.623. The number of nitrogens with one attached hydrogen (secondary N) is 2. The van der Waals surface area contributed by atoms with Gasteiger partial charge in [0.2, 0.25) is 15.9 Å². The Bertz CT molecular complexity index is 963. The Hall–Kier alpha value is -2.39. The van der Waals surface area contributed by atoms with E-state index in [0.29, 0.717) is 28.0 Å². The van der Waals surface area contributed by atoms with Gasteiger partial charge in [0.05, 0.1) is 23.2 Å². The van der Waals surface area contributed by atoms with Gasteiger partial charge in [0.1, 0.15) is 6.54 Å². The van der Waals surface area contributed by atoms with E-state index in [-0.39, 0.29) is 5.91 Å². The molecule has 0 saturated carbocycles. The molecule has 0 aromatic heterocycles. The topological polar surface area (TPSA) is 95.6 Å². The van der Waals surface area contributed by atoms with Gasteiger partial charge in [-0.25, -0.2) is 8.42 Å². The number of rotatable bonds is 8. The van der Waals surface area contributed by atoms with Crippen LogP contribution in [0.4, 0.5) is 11.4 Å². The van der Waals surface area contributed by atoms with Gasteiger partial charge in [-0.15, -0.1) is 0 Å². The lowest BCUT2D eigenvalue weighted by molar-refractivity contribution is -0.114. The van der Waals surface area contributed by atoms with E-state index in [2.05, 4.69) is 26.6 Å². The first kappa shape index (κ1) is 21.9. The monoisotopic (exact) mass is 467 g/mol. The molecular formula is C19H22BrN3O4S. The normalized spacial score (nSPS) is 11.0. The van der Waals surface area contributed by atoms with Crippen molar-refractivity contribution < 1.29 is 18.0 Å². The van der Waals surface area contributed by atoms with E-state index < -0.39 is 22.5 Å². The van der Waals surface area contributed by atoms with Crippen molar-refractivity contribution in [3.8, 4) is 0 Å². The molecule has 2 aromatic rings. The molecule has 0 unspecified atom stereocenters. The number of anilines is 2. The number of para-hydroxylation sites is 1. The summed E-state index contributed by atoms with van der Waals surface area (Å²) < 4.78 is 26.1. The Labute approximate surface area is 173 Å². The van der Waals surface area contributed by atoms with Crippen molar-refractivity contribution >= 4 is 49.1 Å². The van der Waals surface area contributed by atoms with E-state index >= 15 is 0 Å². The molecule has 0 saturated heterocycles. The lowest BCUT2D eigenvalue weighted by atomic mass is 10.1. The number of nitrogens with zero attached hydrogens (tertiary/aromatic N) is 1. The third kappa shape index (κ3) is 6.07. The summed E-state index contributed by atoms with van der Waals surface area (Å²) in [4.78, 5) is 24.8. The molecule has 2 N–H and O–H groups in total. The number of benzene rings is 2. The molecule has 0 heterocycles. The smallest absolute Gasteiger partial charge is 0.253 e. The maximum Gasteiger partial charge on any atom is 0.253 e. The third-order valence-corrected chi connectivity index (χ3v) is 5.40. The number of sulfonamides is 1. The second kappa shape index (κ2) is 9.70. The van der Waals surface area contributed by atoms with Crippen LogP contribution in [-0.2, 0) is 14.8 Å². The SMILES string of the molecule is CCCNC(=O)c1ccccc1NC(=O)CN(c1cccc(Br)c1)S(C)(=O)=O. The zero-order chi connectivity index (χ0) is 20.7. The van der Waals surface area contributed by atoms with Crippen molar-refractivity contribution in [2.24, 2.45) is 0 Å². The van der Waals surface area contributed by atoms with Crippen molar-refractivity contribution in [3.05, 3.63) is 58.6 Å². The van der Waals surface area contributed by atoms with E-state index in [1.807, 2.05) is 6.92 Å². The van der Waals surface area contributed by atoms with Gasteiger partial charge < -0.3 is 10.6 Å². The molecule has 0 aliphatic heterocycles. The number of halogens is 1. The summed E-state index contributed by atoms with van der Waals surface area (Å²) in [7, 11) is -3.69. The lowest BCUT2D eigenvalue weighted by Crippen LogP contribution is -2.37. The summed E-state index contributed by atoms with van der Waals surface area (Å²) in [5.74, 6) is -0.856. The minimum Gasteiger partial charge on any atom is -0.352 e. The average Bonchev–Trinajstić information content (AvgIpc) is 2.63. The van der Waals surface area contributed by atoms with E-state index in [9.17, 15) is 18.0 Å². The van der Waals surface area contributed by atoms with Crippen molar-refractivity contribution in [1.29, 1.82) is 0 Å². The number of hydrogen-bond acceptors (Lipinski definition) is 4. The van der Waals surface area contributed by atoms with E-state index in [1.165, 1.54) is 0 Å². The molecule has 2 aromatic carbocycles. The van der Waals surface area contributed by atoms with Crippen LogP contribution >= 0.6 is 15.9 Å². The minimum absolute atomic E-state index is 0.301. The maximum atomic E-state index is 12.6. The molecule has 0 aliphatic rings. The van der Waals surface area contributed by atoms with Crippen LogP contribution in [0.3, 0.4) is 0 Å². The molecular weight excluding hydrogens is 446 g/mol. The molecule has 2 amide bonds. The zero-order valence-corrected chi connectivity index (χ0v) is 18.0. The van der Waals surface area contributed by atoms with Gasteiger partial charge in [-0.2, -0.15) is 0 Å². The largest absolute Gasteiger partial charge is 0.352 e. The first-order chi connectivity index (χ1) is 13.2. The minimum atomic E-state index is -3.69. The molecule has 0 atom stereocenters. The molecule has 0 spiro atoms. The third-order valence-electron chi connectivity index (χ3n) is 3.77. The highest BCUT2D eigenvalue weighted by atomic mass is 79.9. The van der Waals surface area contributed by atoms with Gasteiger partial charge in [0.25, 0.3) is 5.91 Å². The highest BCUT2D eigenvalue weighted by Crippen LogP contribution is 2.22. The van der Waals surface area contributed by atoms with Crippen LogP contribution in [0.25, 0.3) is 0 Å². The summed E-state index contributed by atoms with van der Waals surface area (Å²) in [6.45, 7) is 2.04. The summed E-state index contributed by atoms with van der Waals surface area (Å²) in [5, 5.41) is 5.39. The maximum absolute atomic E-state index is 12.6. The Kier molecular flexibility index (Phi) is 7.59.